The Labute approximate surface area is 147 Å². The first-order valence-electron chi connectivity index (χ1n) is 8.19. The molecule has 1 aromatic heterocycles. The van der Waals surface area contributed by atoms with Crippen LogP contribution in [0.25, 0.3) is 11.4 Å². The number of aromatic nitrogens is 2. The number of rotatable bonds is 5. The average Bonchev–Trinajstić information content (AvgIpc) is 2.63. The molecule has 5 heteroatoms. The van der Waals surface area contributed by atoms with Gasteiger partial charge in [0.05, 0.1) is 0 Å². The first-order chi connectivity index (χ1) is 12.1. The van der Waals surface area contributed by atoms with Crippen molar-refractivity contribution in [2.75, 3.05) is 10.6 Å². The molecule has 0 aliphatic carbocycles. The summed E-state index contributed by atoms with van der Waals surface area (Å²) in [6.45, 7) is 3.69. The van der Waals surface area contributed by atoms with Crippen LogP contribution in [0.5, 0.6) is 0 Å². The number of hydrogen-bond donors (Lipinski definition) is 2. The van der Waals surface area contributed by atoms with Crippen molar-refractivity contribution < 1.29 is 4.79 Å². The van der Waals surface area contributed by atoms with Gasteiger partial charge in [-0.3, -0.25) is 4.79 Å². The predicted octanol–water partition coefficient (Wildman–Crippen LogP) is 4.48. The lowest BCUT2D eigenvalue weighted by molar-refractivity contribution is -0.118. The Balaban J connectivity index is 1.97. The first-order valence-corrected chi connectivity index (χ1v) is 8.19. The third kappa shape index (κ3) is 4.41. The van der Waals surface area contributed by atoms with Gasteiger partial charge in [-0.05, 0) is 12.1 Å². The van der Waals surface area contributed by atoms with E-state index in [0.29, 0.717) is 17.5 Å². The monoisotopic (exact) mass is 332 g/mol. The van der Waals surface area contributed by atoms with E-state index >= 15 is 0 Å². The minimum Gasteiger partial charge on any atom is -0.340 e. The largest absolute Gasteiger partial charge is 0.340 e. The molecule has 0 spiro atoms. The maximum Gasteiger partial charge on any atom is 0.228 e. The molecule has 3 aromatic rings. The number of carbonyl (C=O) groups excluding carboxylic acids is 1. The zero-order valence-corrected chi connectivity index (χ0v) is 14.2. The summed E-state index contributed by atoms with van der Waals surface area (Å²) in [6, 6.07) is 21.2. The number of nitrogens with one attached hydrogen (secondary N) is 2. The lowest BCUT2D eigenvalue weighted by atomic mass is 10.2. The number of nitrogens with zero attached hydrogens (tertiary/aromatic N) is 2. The van der Waals surface area contributed by atoms with Crippen LogP contribution in [-0.4, -0.2) is 15.9 Å². The summed E-state index contributed by atoms with van der Waals surface area (Å²) in [4.78, 5) is 21.1. The SMILES string of the molecule is CC(C)C(=O)Nc1cc(Nc2ccccc2)nc(-c2ccccc2)n1. The van der Waals surface area contributed by atoms with Gasteiger partial charge in [-0.25, -0.2) is 9.97 Å². The zero-order chi connectivity index (χ0) is 17.6. The molecule has 1 amide bonds. The summed E-state index contributed by atoms with van der Waals surface area (Å²) in [7, 11) is 0. The number of hydrogen-bond acceptors (Lipinski definition) is 4. The molecule has 5 nitrogen and oxygen atoms in total. The third-order valence-corrected chi connectivity index (χ3v) is 3.58. The van der Waals surface area contributed by atoms with Crippen molar-refractivity contribution in [2.45, 2.75) is 13.8 Å². The van der Waals surface area contributed by atoms with Crippen molar-refractivity contribution in [3.8, 4) is 11.4 Å². The molecule has 0 saturated heterocycles. The molecule has 0 aliphatic heterocycles. The normalized spacial score (nSPS) is 10.5. The second-order valence-electron chi connectivity index (χ2n) is 5.96. The highest BCUT2D eigenvalue weighted by Gasteiger charge is 2.12. The van der Waals surface area contributed by atoms with Gasteiger partial charge in [0.2, 0.25) is 5.91 Å². The Morgan fingerprint density at radius 3 is 2.12 bits per heavy atom. The molecule has 0 unspecified atom stereocenters. The Morgan fingerprint density at radius 2 is 1.48 bits per heavy atom. The van der Waals surface area contributed by atoms with Crippen molar-refractivity contribution in [3.63, 3.8) is 0 Å². The van der Waals surface area contributed by atoms with E-state index in [-0.39, 0.29) is 11.8 Å². The topological polar surface area (TPSA) is 66.9 Å². The summed E-state index contributed by atoms with van der Waals surface area (Å²) in [5.41, 5.74) is 1.81. The average molecular weight is 332 g/mol. The molecular weight excluding hydrogens is 312 g/mol. The minimum atomic E-state index is -0.124. The van der Waals surface area contributed by atoms with E-state index in [9.17, 15) is 4.79 Å². The highest BCUT2D eigenvalue weighted by atomic mass is 16.1. The second-order valence-corrected chi connectivity index (χ2v) is 5.96. The Bertz CT molecular complexity index is 848. The quantitative estimate of drug-likeness (QED) is 0.723. The zero-order valence-electron chi connectivity index (χ0n) is 14.2. The van der Waals surface area contributed by atoms with Crippen LogP contribution in [-0.2, 0) is 4.79 Å². The molecule has 126 valence electrons. The van der Waals surface area contributed by atoms with Crippen LogP contribution in [0.2, 0.25) is 0 Å². The second kappa shape index (κ2) is 7.57. The minimum absolute atomic E-state index is 0.0802. The maximum atomic E-state index is 12.0. The van der Waals surface area contributed by atoms with Crippen LogP contribution >= 0.6 is 0 Å². The van der Waals surface area contributed by atoms with Gasteiger partial charge >= 0.3 is 0 Å². The van der Waals surface area contributed by atoms with Gasteiger partial charge in [-0.2, -0.15) is 0 Å². The van der Waals surface area contributed by atoms with Crippen LogP contribution in [0.4, 0.5) is 17.3 Å². The Kier molecular flexibility index (Phi) is 5.04. The van der Waals surface area contributed by atoms with Crippen LogP contribution < -0.4 is 10.6 Å². The van der Waals surface area contributed by atoms with Crippen molar-refractivity contribution in [1.29, 1.82) is 0 Å². The van der Waals surface area contributed by atoms with E-state index in [1.807, 2.05) is 74.5 Å². The molecule has 0 atom stereocenters. The summed E-state index contributed by atoms with van der Waals surface area (Å²) >= 11 is 0. The van der Waals surface area contributed by atoms with E-state index in [4.69, 9.17) is 0 Å². The summed E-state index contributed by atoms with van der Waals surface area (Å²) in [6.07, 6.45) is 0. The predicted molar refractivity (Wildman–Crippen MR) is 101 cm³/mol. The summed E-state index contributed by atoms with van der Waals surface area (Å²) in [5, 5.41) is 6.10. The van der Waals surface area contributed by atoms with Crippen LogP contribution in [0, 0.1) is 5.92 Å². The molecule has 1 heterocycles. The van der Waals surface area contributed by atoms with Gasteiger partial charge in [0.15, 0.2) is 5.82 Å². The Hall–Kier alpha value is -3.21. The van der Waals surface area contributed by atoms with Gasteiger partial charge in [0.25, 0.3) is 0 Å². The number of anilines is 3. The summed E-state index contributed by atoms with van der Waals surface area (Å²) < 4.78 is 0. The molecule has 0 bridgehead atoms. The van der Waals surface area contributed by atoms with Crippen LogP contribution in [0.3, 0.4) is 0 Å². The Morgan fingerprint density at radius 1 is 0.880 bits per heavy atom. The molecule has 0 radical (unpaired) electrons. The standard InChI is InChI=1S/C20H20N4O/c1-14(2)20(25)24-18-13-17(21-16-11-7-4-8-12-16)22-19(23-18)15-9-5-3-6-10-15/h3-14H,1-2H3,(H2,21,22,23,24,25). The number of para-hydroxylation sites is 1. The first kappa shape index (κ1) is 16.6. The molecule has 0 fully saturated rings. The molecule has 2 aromatic carbocycles. The van der Waals surface area contributed by atoms with Crippen molar-refractivity contribution >= 4 is 23.2 Å². The van der Waals surface area contributed by atoms with E-state index in [1.54, 1.807) is 6.07 Å². The highest BCUT2D eigenvalue weighted by molar-refractivity contribution is 5.91. The lowest BCUT2D eigenvalue weighted by Gasteiger charge is -2.12. The van der Waals surface area contributed by atoms with Crippen molar-refractivity contribution in [1.82, 2.24) is 9.97 Å². The fourth-order valence-corrected chi connectivity index (χ4v) is 2.23. The van der Waals surface area contributed by atoms with Gasteiger partial charge in [-0.15, -0.1) is 0 Å². The molecule has 3 rings (SSSR count). The third-order valence-electron chi connectivity index (χ3n) is 3.58. The van der Waals surface area contributed by atoms with Crippen LogP contribution in [0.1, 0.15) is 13.8 Å². The van der Waals surface area contributed by atoms with E-state index in [0.717, 1.165) is 11.3 Å². The van der Waals surface area contributed by atoms with E-state index in [1.165, 1.54) is 0 Å². The maximum absolute atomic E-state index is 12.0. The smallest absolute Gasteiger partial charge is 0.228 e. The van der Waals surface area contributed by atoms with Gasteiger partial charge in [-0.1, -0.05) is 62.4 Å². The number of amides is 1. The fourth-order valence-electron chi connectivity index (χ4n) is 2.23. The molecular formula is C20H20N4O. The van der Waals surface area contributed by atoms with Crippen molar-refractivity contribution in [3.05, 3.63) is 66.7 Å². The van der Waals surface area contributed by atoms with Crippen molar-refractivity contribution in [2.24, 2.45) is 5.92 Å². The highest BCUT2D eigenvalue weighted by Crippen LogP contribution is 2.22. The molecule has 0 saturated carbocycles. The van der Waals surface area contributed by atoms with Gasteiger partial charge in [0.1, 0.15) is 11.6 Å². The molecule has 0 aliphatic rings. The lowest BCUT2D eigenvalue weighted by Crippen LogP contribution is -2.19. The van der Waals surface area contributed by atoms with E-state index in [2.05, 4.69) is 20.6 Å². The number of benzene rings is 2. The molecule has 2 N–H and O–H groups in total. The molecule has 25 heavy (non-hydrogen) atoms. The summed E-state index contributed by atoms with van der Waals surface area (Å²) in [5.74, 6) is 1.45. The van der Waals surface area contributed by atoms with Gasteiger partial charge in [0, 0.05) is 23.2 Å². The van der Waals surface area contributed by atoms with Gasteiger partial charge < -0.3 is 10.6 Å². The van der Waals surface area contributed by atoms with E-state index < -0.39 is 0 Å². The number of carbonyl (C=O) groups is 1. The van der Waals surface area contributed by atoms with Crippen LogP contribution in [0.15, 0.2) is 66.7 Å². The fraction of sp³-hybridized carbons (Fsp3) is 0.150.